The number of aryl methyl sites for hydroxylation is 3. The lowest BCUT2D eigenvalue weighted by Crippen LogP contribution is -2.40. The van der Waals surface area contributed by atoms with Crippen LogP contribution in [0.5, 0.6) is 5.75 Å². The zero-order valence-corrected chi connectivity index (χ0v) is 21.3. The van der Waals surface area contributed by atoms with Crippen molar-refractivity contribution < 1.29 is 19.4 Å². The number of hydrogen-bond acceptors (Lipinski definition) is 5. The van der Waals surface area contributed by atoms with E-state index < -0.39 is 0 Å². The molecule has 0 aliphatic rings. The molecular formula is C27H42N2O4. The predicted molar refractivity (Wildman–Crippen MR) is 135 cm³/mol. The second kappa shape index (κ2) is 13.5. The molecule has 1 atom stereocenters. The largest absolute Gasteiger partial charge is 0.415 e. The summed E-state index contributed by atoms with van der Waals surface area (Å²) < 4.78 is 11.4. The third kappa shape index (κ3) is 7.98. The molecule has 0 heterocycles. The number of aliphatic hydroxyl groups excluding tert-OH is 1. The third-order valence-electron chi connectivity index (χ3n) is 6.26. The minimum Gasteiger partial charge on any atom is -0.410 e. The van der Waals surface area contributed by atoms with Gasteiger partial charge in [-0.1, -0.05) is 38.5 Å². The normalized spacial score (nSPS) is 12.4. The van der Waals surface area contributed by atoms with Crippen LogP contribution in [-0.2, 0) is 11.2 Å². The summed E-state index contributed by atoms with van der Waals surface area (Å²) in [6.45, 7) is 11.0. The van der Waals surface area contributed by atoms with Crippen LogP contribution in [0.2, 0.25) is 0 Å². The fourth-order valence-corrected chi connectivity index (χ4v) is 3.95. The molecule has 0 aliphatic carbocycles. The molecule has 0 bridgehead atoms. The van der Waals surface area contributed by atoms with E-state index in [4.69, 9.17) is 14.6 Å². The van der Waals surface area contributed by atoms with Crippen molar-refractivity contribution in [3.63, 3.8) is 0 Å². The number of rotatable bonds is 13. The maximum absolute atomic E-state index is 13.1. The summed E-state index contributed by atoms with van der Waals surface area (Å²) in [6.07, 6.45) is 2.97. The quantitative estimate of drug-likeness (QED) is 0.437. The number of benzene rings is 2. The number of nitrogens with zero attached hydrogens (tertiary/aromatic N) is 2. The Morgan fingerprint density at radius 1 is 1.09 bits per heavy atom. The van der Waals surface area contributed by atoms with Crippen molar-refractivity contribution in [1.29, 1.82) is 0 Å². The Kier molecular flexibility index (Phi) is 11.1. The highest BCUT2D eigenvalue weighted by atomic mass is 16.6. The van der Waals surface area contributed by atoms with E-state index in [1.54, 1.807) is 4.90 Å². The van der Waals surface area contributed by atoms with Gasteiger partial charge < -0.3 is 24.4 Å². The standard InChI is InChI=1S/C27H42N2O4/c1-7-20(2)11-12-23-22(4)19-25(24-10-8-9-21(3)26(23)24)33-27(31)29(14-13-28(5)6)15-17-32-18-16-30/h8-10,19-20,30H,7,11-18H2,1-6H3. The highest BCUT2D eigenvalue weighted by Gasteiger charge is 2.20. The number of ether oxygens (including phenoxy) is 2. The van der Waals surface area contributed by atoms with Crippen molar-refractivity contribution in [2.45, 2.75) is 47.0 Å². The van der Waals surface area contributed by atoms with Crippen molar-refractivity contribution in [2.24, 2.45) is 5.92 Å². The summed E-state index contributed by atoms with van der Waals surface area (Å²) in [6, 6.07) is 8.21. The van der Waals surface area contributed by atoms with E-state index in [0.717, 1.165) is 30.3 Å². The molecule has 2 aromatic rings. The number of aliphatic hydroxyl groups is 1. The average molecular weight is 459 g/mol. The Morgan fingerprint density at radius 3 is 2.52 bits per heavy atom. The van der Waals surface area contributed by atoms with Gasteiger partial charge in [-0.2, -0.15) is 0 Å². The molecule has 6 heteroatoms. The molecule has 0 radical (unpaired) electrons. The monoisotopic (exact) mass is 458 g/mol. The molecule has 33 heavy (non-hydrogen) atoms. The van der Waals surface area contributed by atoms with Crippen LogP contribution in [-0.4, -0.2) is 74.5 Å². The number of carbonyl (C=O) groups excluding carboxylic acids is 1. The molecule has 184 valence electrons. The second-order valence-electron chi connectivity index (χ2n) is 9.21. The van der Waals surface area contributed by atoms with Gasteiger partial charge in [-0.3, -0.25) is 0 Å². The van der Waals surface area contributed by atoms with Crippen molar-refractivity contribution in [3.05, 3.63) is 41.0 Å². The summed E-state index contributed by atoms with van der Waals surface area (Å²) in [5.41, 5.74) is 3.72. The summed E-state index contributed by atoms with van der Waals surface area (Å²) in [5.74, 6) is 1.29. The zero-order chi connectivity index (χ0) is 24.4. The predicted octanol–water partition coefficient (Wildman–Crippen LogP) is 4.81. The Balaban J connectivity index is 2.31. The minimum absolute atomic E-state index is 0.0316. The van der Waals surface area contributed by atoms with E-state index in [0.29, 0.717) is 31.4 Å². The first kappa shape index (κ1) is 27.1. The molecule has 1 amide bonds. The van der Waals surface area contributed by atoms with E-state index in [-0.39, 0.29) is 19.3 Å². The molecule has 1 unspecified atom stereocenters. The first-order chi connectivity index (χ1) is 15.8. The fourth-order valence-electron chi connectivity index (χ4n) is 3.95. The van der Waals surface area contributed by atoms with Crippen molar-refractivity contribution >= 4 is 16.9 Å². The van der Waals surface area contributed by atoms with E-state index in [2.05, 4.69) is 33.8 Å². The van der Waals surface area contributed by atoms with Crippen LogP contribution in [0.4, 0.5) is 4.79 Å². The van der Waals surface area contributed by atoms with Gasteiger partial charge >= 0.3 is 6.09 Å². The molecule has 0 saturated heterocycles. The maximum atomic E-state index is 13.1. The summed E-state index contributed by atoms with van der Waals surface area (Å²) in [5, 5.41) is 11.1. The van der Waals surface area contributed by atoms with Crippen LogP contribution in [0.1, 0.15) is 43.4 Å². The van der Waals surface area contributed by atoms with Gasteiger partial charge in [0, 0.05) is 25.0 Å². The number of likely N-dealkylation sites (N-methyl/N-ethyl adjacent to an activating group) is 1. The molecule has 1 N–H and O–H groups in total. The molecule has 0 aromatic heterocycles. The first-order valence-electron chi connectivity index (χ1n) is 12.1. The molecule has 0 spiro atoms. The number of carbonyl (C=O) groups is 1. The Hall–Kier alpha value is -2.15. The summed E-state index contributed by atoms with van der Waals surface area (Å²) in [4.78, 5) is 16.9. The molecule has 2 rings (SSSR count). The van der Waals surface area contributed by atoms with Crippen LogP contribution in [0.3, 0.4) is 0 Å². The lowest BCUT2D eigenvalue weighted by Gasteiger charge is -2.24. The topological polar surface area (TPSA) is 62.2 Å². The van der Waals surface area contributed by atoms with Crippen molar-refractivity contribution in [2.75, 3.05) is 53.6 Å². The molecule has 6 nitrogen and oxygen atoms in total. The zero-order valence-electron chi connectivity index (χ0n) is 21.3. The minimum atomic E-state index is -0.376. The average Bonchev–Trinajstić information content (AvgIpc) is 2.78. The van der Waals surface area contributed by atoms with Crippen molar-refractivity contribution in [1.82, 2.24) is 9.80 Å². The lowest BCUT2D eigenvalue weighted by atomic mass is 9.90. The second-order valence-corrected chi connectivity index (χ2v) is 9.21. The van der Waals surface area contributed by atoms with Gasteiger partial charge in [-0.25, -0.2) is 4.79 Å². The summed E-state index contributed by atoms with van der Waals surface area (Å²) in [7, 11) is 3.95. The number of hydrogen-bond donors (Lipinski definition) is 1. The number of fused-ring (bicyclic) bond motifs is 1. The molecule has 0 aliphatic heterocycles. The lowest BCUT2D eigenvalue weighted by molar-refractivity contribution is 0.0715. The van der Waals surface area contributed by atoms with Gasteiger partial charge in [0.1, 0.15) is 5.75 Å². The van der Waals surface area contributed by atoms with Gasteiger partial charge in [0.05, 0.1) is 19.8 Å². The Labute approximate surface area is 199 Å². The third-order valence-corrected chi connectivity index (χ3v) is 6.26. The van der Waals surface area contributed by atoms with E-state index in [1.807, 2.05) is 37.2 Å². The van der Waals surface area contributed by atoms with E-state index >= 15 is 0 Å². The van der Waals surface area contributed by atoms with Crippen molar-refractivity contribution in [3.8, 4) is 5.75 Å². The van der Waals surface area contributed by atoms with Crippen LogP contribution >= 0.6 is 0 Å². The maximum Gasteiger partial charge on any atom is 0.415 e. The molecule has 0 fully saturated rings. The highest BCUT2D eigenvalue weighted by molar-refractivity contribution is 5.95. The SMILES string of the molecule is CCC(C)CCc1c(C)cc(OC(=O)N(CCOCCO)CCN(C)C)c2cccc(C)c12. The highest BCUT2D eigenvalue weighted by Crippen LogP contribution is 2.35. The van der Waals surface area contributed by atoms with Crippen LogP contribution < -0.4 is 4.74 Å². The molecule has 2 aromatic carbocycles. The smallest absolute Gasteiger partial charge is 0.410 e. The summed E-state index contributed by atoms with van der Waals surface area (Å²) >= 11 is 0. The molecule has 0 saturated carbocycles. The fraction of sp³-hybridized carbons (Fsp3) is 0.593. The van der Waals surface area contributed by atoms with Gasteiger partial charge in [0.2, 0.25) is 0 Å². The number of amides is 1. The Bertz CT molecular complexity index is 897. The Morgan fingerprint density at radius 2 is 1.85 bits per heavy atom. The van der Waals surface area contributed by atoms with Gasteiger partial charge in [0.15, 0.2) is 0 Å². The van der Waals surface area contributed by atoms with Crippen LogP contribution in [0.15, 0.2) is 24.3 Å². The van der Waals surface area contributed by atoms with E-state index in [9.17, 15) is 4.79 Å². The van der Waals surface area contributed by atoms with Gasteiger partial charge in [0.25, 0.3) is 0 Å². The first-order valence-corrected chi connectivity index (χ1v) is 12.1. The van der Waals surface area contributed by atoms with E-state index in [1.165, 1.54) is 22.9 Å². The van der Waals surface area contributed by atoms with Gasteiger partial charge in [-0.15, -0.1) is 0 Å². The van der Waals surface area contributed by atoms with Crippen LogP contribution in [0.25, 0.3) is 10.8 Å². The van der Waals surface area contributed by atoms with Crippen LogP contribution in [0, 0.1) is 19.8 Å². The van der Waals surface area contributed by atoms with Gasteiger partial charge in [-0.05, 0) is 74.8 Å². The molecular weight excluding hydrogens is 416 g/mol.